The topological polar surface area (TPSA) is 66.9 Å². The highest BCUT2D eigenvalue weighted by atomic mass is 35.5. The molecule has 0 unspecified atom stereocenters. The molecule has 0 aliphatic heterocycles. The number of nitrogens with zero attached hydrogens (tertiary/aromatic N) is 2. The van der Waals surface area contributed by atoms with E-state index in [1.165, 1.54) is 0 Å². The van der Waals surface area contributed by atoms with E-state index in [1.807, 2.05) is 26.0 Å². The minimum Gasteiger partial charge on any atom is -0.324 e. The Kier molecular flexibility index (Phi) is 4.95. The van der Waals surface area contributed by atoms with Crippen LogP contribution in [0.5, 0.6) is 0 Å². The molecule has 0 spiro atoms. The Morgan fingerprint density at radius 2 is 1.76 bits per heavy atom. The average Bonchev–Trinajstić information content (AvgIpc) is 2.54. The normalized spacial score (nSPS) is 10.4. The second kappa shape index (κ2) is 7.32. The van der Waals surface area contributed by atoms with Gasteiger partial charge < -0.3 is 10.6 Å². The molecular weight excluding hydrogens is 336 g/mol. The van der Waals surface area contributed by atoms with E-state index in [2.05, 4.69) is 26.7 Å². The highest BCUT2D eigenvalue weighted by Crippen LogP contribution is 2.18. The van der Waals surface area contributed by atoms with Gasteiger partial charge in [-0.2, -0.15) is 0 Å². The van der Waals surface area contributed by atoms with Crippen molar-refractivity contribution in [3.63, 3.8) is 0 Å². The second-order valence-corrected chi connectivity index (χ2v) is 6.17. The van der Waals surface area contributed by atoms with E-state index in [0.29, 0.717) is 16.7 Å². The van der Waals surface area contributed by atoms with Gasteiger partial charge in [0.15, 0.2) is 0 Å². The highest BCUT2D eigenvalue weighted by Gasteiger charge is 2.10. The first kappa shape index (κ1) is 16.9. The van der Waals surface area contributed by atoms with Gasteiger partial charge in [-0.15, -0.1) is 0 Å². The summed E-state index contributed by atoms with van der Waals surface area (Å²) in [5.74, 6) is 0.0388. The molecule has 25 heavy (non-hydrogen) atoms. The second-order valence-electron chi connectivity index (χ2n) is 5.73. The lowest BCUT2D eigenvalue weighted by molar-refractivity contribution is 0.102. The van der Waals surface area contributed by atoms with E-state index in [9.17, 15) is 4.79 Å². The van der Waals surface area contributed by atoms with Crippen LogP contribution in [-0.2, 0) is 0 Å². The van der Waals surface area contributed by atoms with Crippen LogP contribution in [0.4, 0.5) is 17.3 Å². The average molecular weight is 353 g/mol. The van der Waals surface area contributed by atoms with Crippen LogP contribution >= 0.6 is 11.6 Å². The summed E-state index contributed by atoms with van der Waals surface area (Å²) in [6.07, 6.45) is 1.55. The number of benzene rings is 2. The Morgan fingerprint density at radius 3 is 2.48 bits per heavy atom. The van der Waals surface area contributed by atoms with Gasteiger partial charge in [-0.1, -0.05) is 23.7 Å². The van der Waals surface area contributed by atoms with Crippen LogP contribution in [0, 0.1) is 13.8 Å². The van der Waals surface area contributed by atoms with Gasteiger partial charge in [-0.25, -0.2) is 9.97 Å². The number of rotatable bonds is 4. The number of aromatic nitrogens is 2. The summed E-state index contributed by atoms with van der Waals surface area (Å²) in [5.41, 5.74) is 4.03. The minimum absolute atomic E-state index is 0.266. The maximum Gasteiger partial charge on any atom is 0.274 e. The zero-order valence-electron chi connectivity index (χ0n) is 13.9. The summed E-state index contributed by atoms with van der Waals surface area (Å²) in [7, 11) is 0. The molecule has 5 nitrogen and oxygen atoms in total. The summed E-state index contributed by atoms with van der Waals surface area (Å²) in [6.45, 7) is 4.04. The molecule has 0 bridgehead atoms. The fraction of sp³-hybridized carbons (Fsp3) is 0.105. The SMILES string of the molecule is Cc1cc(C)cc(Nc2nccc(C(=O)Nc3cccc(Cl)c3)n2)c1. The number of hydrogen-bond donors (Lipinski definition) is 2. The first-order chi connectivity index (χ1) is 12.0. The van der Waals surface area contributed by atoms with Crippen molar-refractivity contribution in [3.05, 3.63) is 76.6 Å². The van der Waals surface area contributed by atoms with Gasteiger partial charge in [0.1, 0.15) is 5.69 Å². The quantitative estimate of drug-likeness (QED) is 0.711. The van der Waals surface area contributed by atoms with Crippen LogP contribution in [0.15, 0.2) is 54.7 Å². The van der Waals surface area contributed by atoms with Gasteiger partial charge in [0.05, 0.1) is 0 Å². The van der Waals surface area contributed by atoms with Crippen molar-refractivity contribution in [2.24, 2.45) is 0 Å². The largest absolute Gasteiger partial charge is 0.324 e. The molecule has 0 saturated carbocycles. The molecule has 0 atom stereocenters. The number of hydrogen-bond acceptors (Lipinski definition) is 4. The monoisotopic (exact) mass is 352 g/mol. The zero-order chi connectivity index (χ0) is 17.8. The van der Waals surface area contributed by atoms with Crippen LogP contribution in [-0.4, -0.2) is 15.9 Å². The summed E-state index contributed by atoms with van der Waals surface area (Å²) in [4.78, 5) is 20.8. The smallest absolute Gasteiger partial charge is 0.274 e. The zero-order valence-corrected chi connectivity index (χ0v) is 14.6. The van der Waals surface area contributed by atoms with E-state index in [0.717, 1.165) is 16.8 Å². The van der Waals surface area contributed by atoms with Crippen molar-refractivity contribution in [2.75, 3.05) is 10.6 Å². The molecule has 1 heterocycles. The maximum atomic E-state index is 12.4. The van der Waals surface area contributed by atoms with Crippen LogP contribution < -0.4 is 10.6 Å². The van der Waals surface area contributed by atoms with Gasteiger partial charge in [0.25, 0.3) is 5.91 Å². The van der Waals surface area contributed by atoms with Crippen molar-refractivity contribution in [2.45, 2.75) is 13.8 Å². The van der Waals surface area contributed by atoms with Crippen molar-refractivity contribution in [1.82, 2.24) is 9.97 Å². The molecule has 3 rings (SSSR count). The predicted molar refractivity (Wildman–Crippen MR) is 101 cm³/mol. The molecule has 0 fully saturated rings. The Morgan fingerprint density at radius 1 is 1.00 bits per heavy atom. The van der Waals surface area contributed by atoms with E-state index < -0.39 is 0 Å². The molecule has 0 aliphatic carbocycles. The highest BCUT2D eigenvalue weighted by molar-refractivity contribution is 6.30. The van der Waals surface area contributed by atoms with Gasteiger partial charge >= 0.3 is 0 Å². The number of carbonyl (C=O) groups is 1. The van der Waals surface area contributed by atoms with E-state index in [4.69, 9.17) is 11.6 Å². The van der Waals surface area contributed by atoms with Gasteiger partial charge in [0.2, 0.25) is 5.95 Å². The molecule has 126 valence electrons. The van der Waals surface area contributed by atoms with Gasteiger partial charge in [-0.3, -0.25) is 4.79 Å². The summed E-state index contributed by atoms with van der Waals surface area (Å²) >= 11 is 5.93. The molecule has 2 N–H and O–H groups in total. The van der Waals surface area contributed by atoms with Crippen molar-refractivity contribution in [3.8, 4) is 0 Å². The van der Waals surface area contributed by atoms with Gasteiger partial charge in [-0.05, 0) is 61.4 Å². The summed E-state index contributed by atoms with van der Waals surface area (Å²) in [5, 5.41) is 6.45. The molecule has 2 aromatic carbocycles. The van der Waals surface area contributed by atoms with Crippen LogP contribution in [0.2, 0.25) is 5.02 Å². The Labute approximate surface area is 151 Å². The van der Waals surface area contributed by atoms with E-state index in [1.54, 1.807) is 36.5 Å². The standard InChI is InChI=1S/C19H17ClN4O/c1-12-8-13(2)10-16(9-12)23-19-21-7-6-17(24-19)18(25)22-15-5-3-4-14(20)11-15/h3-11H,1-2H3,(H,22,25)(H,21,23,24). The lowest BCUT2D eigenvalue weighted by Gasteiger charge is -2.09. The molecule has 1 amide bonds. The number of amides is 1. The molecule has 1 aromatic heterocycles. The molecular formula is C19H17ClN4O. The number of halogens is 1. The van der Waals surface area contributed by atoms with Gasteiger partial charge in [0, 0.05) is 22.6 Å². The maximum absolute atomic E-state index is 12.4. The fourth-order valence-corrected chi connectivity index (χ4v) is 2.67. The van der Waals surface area contributed by atoms with Crippen LogP contribution in [0.3, 0.4) is 0 Å². The van der Waals surface area contributed by atoms with Crippen LogP contribution in [0.1, 0.15) is 21.6 Å². The Hall–Kier alpha value is -2.92. The fourth-order valence-electron chi connectivity index (χ4n) is 2.48. The Balaban J connectivity index is 1.77. The number of nitrogens with one attached hydrogen (secondary N) is 2. The molecule has 0 saturated heterocycles. The van der Waals surface area contributed by atoms with Crippen molar-refractivity contribution < 1.29 is 4.79 Å². The molecule has 6 heteroatoms. The third kappa shape index (κ3) is 4.55. The third-order valence-electron chi connectivity index (χ3n) is 3.45. The Bertz CT molecular complexity index is 907. The van der Waals surface area contributed by atoms with Crippen molar-refractivity contribution in [1.29, 1.82) is 0 Å². The van der Waals surface area contributed by atoms with E-state index in [-0.39, 0.29) is 11.6 Å². The number of carbonyl (C=O) groups excluding carboxylic acids is 1. The lowest BCUT2D eigenvalue weighted by Crippen LogP contribution is -2.14. The van der Waals surface area contributed by atoms with E-state index >= 15 is 0 Å². The van der Waals surface area contributed by atoms with Crippen molar-refractivity contribution >= 4 is 34.8 Å². The third-order valence-corrected chi connectivity index (χ3v) is 3.68. The predicted octanol–water partition coefficient (Wildman–Crippen LogP) is 4.74. The summed E-state index contributed by atoms with van der Waals surface area (Å²) < 4.78 is 0. The molecule has 0 aliphatic rings. The first-order valence-corrected chi connectivity index (χ1v) is 8.13. The minimum atomic E-state index is -0.326. The van der Waals surface area contributed by atoms with Crippen LogP contribution in [0.25, 0.3) is 0 Å². The molecule has 0 radical (unpaired) electrons. The first-order valence-electron chi connectivity index (χ1n) is 7.75. The number of aryl methyl sites for hydroxylation is 2. The molecule has 3 aromatic rings. The lowest BCUT2D eigenvalue weighted by atomic mass is 10.1. The summed E-state index contributed by atoms with van der Waals surface area (Å²) in [6, 6.07) is 14.6. The number of anilines is 3.